The summed E-state index contributed by atoms with van der Waals surface area (Å²) in [5.41, 5.74) is 1.38. The standard InChI is InChI=1S/C12H8N2OS/c13-5-6-16-12-10(8-15)7-9-3-1-2-4-11(9)14-12/h1-4,7-8H,6H2. The lowest BCUT2D eigenvalue weighted by Gasteiger charge is -2.03. The Kier molecular flexibility index (Phi) is 3.18. The van der Waals surface area contributed by atoms with Gasteiger partial charge in [-0.15, -0.1) is 0 Å². The number of para-hydroxylation sites is 1. The number of hydrogen-bond acceptors (Lipinski definition) is 4. The highest BCUT2D eigenvalue weighted by Gasteiger charge is 2.06. The highest BCUT2D eigenvalue weighted by molar-refractivity contribution is 7.99. The molecule has 0 bridgehead atoms. The van der Waals surface area contributed by atoms with Crippen LogP contribution in [0.15, 0.2) is 35.4 Å². The van der Waals surface area contributed by atoms with Crippen LogP contribution in [0, 0.1) is 11.3 Å². The molecule has 0 unspecified atom stereocenters. The fourth-order valence-corrected chi connectivity index (χ4v) is 2.05. The van der Waals surface area contributed by atoms with Gasteiger partial charge in [0.25, 0.3) is 0 Å². The molecule has 1 aromatic heterocycles. The van der Waals surface area contributed by atoms with Crippen LogP contribution in [-0.4, -0.2) is 17.0 Å². The van der Waals surface area contributed by atoms with Gasteiger partial charge >= 0.3 is 0 Å². The molecule has 0 amide bonds. The fraction of sp³-hybridized carbons (Fsp3) is 0.0833. The molecule has 0 saturated heterocycles. The fourth-order valence-electron chi connectivity index (χ4n) is 1.42. The van der Waals surface area contributed by atoms with Crippen LogP contribution in [0.2, 0.25) is 0 Å². The predicted octanol–water partition coefficient (Wildman–Crippen LogP) is 2.66. The van der Waals surface area contributed by atoms with Gasteiger partial charge in [0.1, 0.15) is 5.03 Å². The lowest BCUT2D eigenvalue weighted by atomic mass is 10.2. The van der Waals surface area contributed by atoms with E-state index in [-0.39, 0.29) is 0 Å². The molecule has 2 rings (SSSR count). The number of carbonyl (C=O) groups is 1. The van der Waals surface area contributed by atoms with Crippen molar-refractivity contribution in [3.8, 4) is 6.07 Å². The zero-order chi connectivity index (χ0) is 11.4. The molecule has 0 atom stereocenters. The van der Waals surface area contributed by atoms with Gasteiger partial charge in [-0.25, -0.2) is 4.98 Å². The molecule has 16 heavy (non-hydrogen) atoms. The molecule has 1 heterocycles. The van der Waals surface area contributed by atoms with Gasteiger partial charge < -0.3 is 0 Å². The van der Waals surface area contributed by atoms with Crippen molar-refractivity contribution >= 4 is 29.0 Å². The molecular weight excluding hydrogens is 220 g/mol. The normalized spacial score (nSPS) is 9.94. The van der Waals surface area contributed by atoms with Crippen molar-refractivity contribution in [2.24, 2.45) is 0 Å². The number of carbonyl (C=O) groups excluding carboxylic acids is 1. The highest BCUT2D eigenvalue weighted by Crippen LogP contribution is 2.23. The maximum Gasteiger partial charge on any atom is 0.152 e. The second-order valence-electron chi connectivity index (χ2n) is 3.14. The topological polar surface area (TPSA) is 53.8 Å². The number of thioether (sulfide) groups is 1. The van der Waals surface area contributed by atoms with Gasteiger partial charge in [0.05, 0.1) is 17.3 Å². The van der Waals surface area contributed by atoms with E-state index in [2.05, 4.69) is 4.98 Å². The lowest BCUT2D eigenvalue weighted by molar-refractivity contribution is 0.112. The molecule has 0 aliphatic carbocycles. The molecule has 3 nitrogen and oxygen atoms in total. The van der Waals surface area contributed by atoms with Crippen molar-refractivity contribution in [1.29, 1.82) is 5.26 Å². The molecule has 0 aliphatic rings. The maximum absolute atomic E-state index is 10.9. The molecule has 0 saturated carbocycles. The molecule has 4 heteroatoms. The minimum absolute atomic E-state index is 0.298. The Hall–Kier alpha value is -1.86. The van der Waals surface area contributed by atoms with E-state index < -0.39 is 0 Å². The number of pyridine rings is 1. The van der Waals surface area contributed by atoms with Gasteiger partial charge in [0.2, 0.25) is 0 Å². The molecule has 0 spiro atoms. The number of fused-ring (bicyclic) bond motifs is 1. The molecule has 0 fully saturated rings. The quantitative estimate of drug-likeness (QED) is 0.598. The van der Waals surface area contributed by atoms with E-state index in [1.165, 1.54) is 11.8 Å². The average molecular weight is 228 g/mol. The third kappa shape index (κ3) is 2.05. The summed E-state index contributed by atoms with van der Waals surface area (Å²) in [6.07, 6.45) is 0.777. The van der Waals surface area contributed by atoms with Crippen LogP contribution in [0.5, 0.6) is 0 Å². The Morgan fingerprint density at radius 1 is 1.44 bits per heavy atom. The summed E-state index contributed by atoms with van der Waals surface area (Å²) >= 11 is 1.28. The lowest BCUT2D eigenvalue weighted by Crippen LogP contribution is -1.91. The Labute approximate surface area is 97.1 Å². The van der Waals surface area contributed by atoms with E-state index in [0.29, 0.717) is 16.3 Å². The van der Waals surface area contributed by atoms with Crippen LogP contribution in [0.25, 0.3) is 10.9 Å². The minimum Gasteiger partial charge on any atom is -0.298 e. The maximum atomic E-state index is 10.9. The summed E-state index contributed by atoms with van der Waals surface area (Å²) < 4.78 is 0. The van der Waals surface area contributed by atoms with Crippen molar-refractivity contribution < 1.29 is 4.79 Å². The first-order valence-corrected chi connectivity index (χ1v) is 5.68. The number of rotatable bonds is 3. The van der Waals surface area contributed by atoms with E-state index in [0.717, 1.165) is 17.2 Å². The summed E-state index contributed by atoms with van der Waals surface area (Å²) in [7, 11) is 0. The molecule has 78 valence electrons. The molecule has 0 radical (unpaired) electrons. The Morgan fingerprint density at radius 3 is 3.00 bits per heavy atom. The average Bonchev–Trinajstić information content (AvgIpc) is 2.35. The zero-order valence-corrected chi connectivity index (χ0v) is 9.20. The smallest absolute Gasteiger partial charge is 0.152 e. The Bertz CT molecular complexity index is 575. The summed E-state index contributed by atoms with van der Waals surface area (Å²) in [4.78, 5) is 15.3. The third-order valence-electron chi connectivity index (χ3n) is 2.12. The zero-order valence-electron chi connectivity index (χ0n) is 8.38. The van der Waals surface area contributed by atoms with Crippen LogP contribution in [-0.2, 0) is 0 Å². The molecule has 1 aromatic carbocycles. The van der Waals surface area contributed by atoms with E-state index in [1.807, 2.05) is 30.3 Å². The van der Waals surface area contributed by atoms with Crippen LogP contribution >= 0.6 is 11.8 Å². The van der Waals surface area contributed by atoms with E-state index in [9.17, 15) is 4.79 Å². The largest absolute Gasteiger partial charge is 0.298 e. The molecule has 0 N–H and O–H groups in total. The van der Waals surface area contributed by atoms with Gasteiger partial charge in [-0.05, 0) is 12.1 Å². The van der Waals surface area contributed by atoms with Gasteiger partial charge in [-0.2, -0.15) is 5.26 Å². The van der Waals surface area contributed by atoms with Crippen LogP contribution in [0.3, 0.4) is 0 Å². The van der Waals surface area contributed by atoms with Gasteiger partial charge in [0, 0.05) is 10.9 Å². The predicted molar refractivity (Wildman–Crippen MR) is 63.5 cm³/mol. The van der Waals surface area contributed by atoms with Crippen LogP contribution in [0.4, 0.5) is 0 Å². The second kappa shape index (κ2) is 4.77. The first-order valence-electron chi connectivity index (χ1n) is 4.70. The summed E-state index contributed by atoms with van der Waals surface area (Å²) in [6, 6.07) is 11.4. The third-order valence-corrected chi connectivity index (χ3v) is 2.99. The van der Waals surface area contributed by atoms with Crippen molar-refractivity contribution in [3.63, 3.8) is 0 Å². The van der Waals surface area contributed by atoms with Gasteiger partial charge in [-0.3, -0.25) is 4.79 Å². The summed E-state index contributed by atoms with van der Waals surface area (Å²) in [6.45, 7) is 0. The monoisotopic (exact) mass is 228 g/mol. The SMILES string of the molecule is N#CCSc1nc2ccccc2cc1C=O. The van der Waals surface area contributed by atoms with Gasteiger partial charge in [-0.1, -0.05) is 30.0 Å². The van der Waals surface area contributed by atoms with Crippen LogP contribution in [0.1, 0.15) is 10.4 Å². The number of nitriles is 1. The first-order chi connectivity index (χ1) is 7.85. The first kappa shape index (κ1) is 10.7. The van der Waals surface area contributed by atoms with Crippen molar-refractivity contribution in [1.82, 2.24) is 4.98 Å². The summed E-state index contributed by atoms with van der Waals surface area (Å²) in [5.74, 6) is 0.298. The van der Waals surface area contributed by atoms with E-state index in [4.69, 9.17) is 5.26 Å². The number of nitrogens with zero attached hydrogens (tertiary/aromatic N) is 2. The number of hydrogen-bond donors (Lipinski definition) is 0. The number of aromatic nitrogens is 1. The van der Waals surface area contributed by atoms with E-state index in [1.54, 1.807) is 6.07 Å². The minimum atomic E-state index is 0.298. The van der Waals surface area contributed by atoms with Crippen molar-refractivity contribution in [3.05, 3.63) is 35.9 Å². The van der Waals surface area contributed by atoms with Gasteiger partial charge in [0.15, 0.2) is 6.29 Å². The Morgan fingerprint density at radius 2 is 2.25 bits per heavy atom. The van der Waals surface area contributed by atoms with Crippen LogP contribution < -0.4 is 0 Å². The van der Waals surface area contributed by atoms with Crippen molar-refractivity contribution in [2.75, 3.05) is 5.75 Å². The number of benzene rings is 1. The highest BCUT2D eigenvalue weighted by atomic mass is 32.2. The van der Waals surface area contributed by atoms with E-state index >= 15 is 0 Å². The second-order valence-corrected chi connectivity index (χ2v) is 4.10. The van der Waals surface area contributed by atoms with Crippen molar-refractivity contribution in [2.45, 2.75) is 5.03 Å². The molecule has 0 aliphatic heterocycles. The summed E-state index contributed by atoms with van der Waals surface area (Å²) in [5, 5.41) is 10.1. The number of aldehydes is 1. The Balaban J connectivity index is 2.54. The molecule has 2 aromatic rings. The molecular formula is C12H8N2OS.